The molecule has 0 unspecified atom stereocenters. The molecule has 0 radical (unpaired) electrons. The summed E-state index contributed by atoms with van der Waals surface area (Å²) >= 11 is 6.02. The van der Waals surface area contributed by atoms with Crippen molar-refractivity contribution < 1.29 is 9.53 Å². The molecule has 0 atom stereocenters. The van der Waals surface area contributed by atoms with Crippen LogP contribution in [-0.2, 0) is 17.9 Å². The number of carbonyl (C=O) groups is 1. The van der Waals surface area contributed by atoms with E-state index in [4.69, 9.17) is 16.3 Å². The highest BCUT2D eigenvalue weighted by Crippen LogP contribution is 2.12. The van der Waals surface area contributed by atoms with Crippen molar-refractivity contribution in [3.8, 4) is 5.75 Å². The zero-order valence-electron chi connectivity index (χ0n) is 16.2. The summed E-state index contributed by atoms with van der Waals surface area (Å²) in [5.74, 6) is 1.33. The number of benzene rings is 2. The van der Waals surface area contributed by atoms with Gasteiger partial charge in [-0.25, -0.2) is 4.99 Å². The first-order valence-electron chi connectivity index (χ1n) is 8.57. The number of guanidine groups is 1. The van der Waals surface area contributed by atoms with E-state index < -0.39 is 0 Å². The number of hydrogen-bond donors (Lipinski definition) is 2. The number of carbonyl (C=O) groups excluding carboxylic acids is 1. The summed E-state index contributed by atoms with van der Waals surface area (Å²) in [6, 6.07) is 15.3. The van der Waals surface area contributed by atoms with Crippen LogP contribution in [0.3, 0.4) is 0 Å². The monoisotopic (exact) mass is 516 g/mol. The van der Waals surface area contributed by atoms with E-state index in [0.717, 1.165) is 16.9 Å². The highest BCUT2D eigenvalue weighted by Gasteiger charge is 2.06. The van der Waals surface area contributed by atoms with Crippen LogP contribution >= 0.6 is 35.6 Å². The molecular weight excluding hydrogens is 491 g/mol. The molecule has 6 nitrogen and oxygen atoms in total. The molecule has 2 aromatic carbocycles. The molecule has 28 heavy (non-hydrogen) atoms. The Morgan fingerprint density at radius 1 is 1.11 bits per heavy atom. The first kappa shape index (κ1) is 24.0. The number of halogens is 2. The van der Waals surface area contributed by atoms with Crippen LogP contribution < -0.4 is 15.4 Å². The normalized spacial score (nSPS) is 10.6. The molecule has 0 saturated carbocycles. The lowest BCUT2D eigenvalue weighted by atomic mass is 10.2. The molecule has 2 N–H and O–H groups in total. The number of likely N-dealkylation sites (N-methyl/N-ethyl adjacent to an activating group) is 1. The number of ether oxygens (including phenoxy) is 1. The number of nitrogens with zero attached hydrogens (tertiary/aromatic N) is 2. The molecule has 0 aliphatic heterocycles. The molecule has 152 valence electrons. The zero-order valence-corrected chi connectivity index (χ0v) is 19.3. The first-order valence-corrected chi connectivity index (χ1v) is 8.95. The van der Waals surface area contributed by atoms with E-state index in [-0.39, 0.29) is 36.4 Å². The van der Waals surface area contributed by atoms with E-state index >= 15 is 0 Å². The van der Waals surface area contributed by atoms with Crippen molar-refractivity contribution >= 4 is 47.4 Å². The molecule has 0 saturated heterocycles. The van der Waals surface area contributed by atoms with Gasteiger partial charge in [0, 0.05) is 25.7 Å². The second kappa shape index (κ2) is 12.5. The standard InChI is InChI=1S/C20H25ClN4O2.HI/c1-25(2)19(26)14-24-20(23-13-16-5-4-6-17(21)11-16)22-12-15-7-9-18(27-3)10-8-15;/h4-11H,12-14H2,1-3H3,(H2,22,23,24);1H. The van der Waals surface area contributed by atoms with E-state index in [2.05, 4.69) is 15.6 Å². The lowest BCUT2D eigenvalue weighted by Crippen LogP contribution is -2.42. The Hall–Kier alpha value is -2.00. The highest BCUT2D eigenvalue weighted by molar-refractivity contribution is 14.0. The molecule has 0 fully saturated rings. The Kier molecular flexibility index (Phi) is 10.7. The van der Waals surface area contributed by atoms with E-state index in [1.807, 2.05) is 48.5 Å². The van der Waals surface area contributed by atoms with Crippen LogP contribution in [0.1, 0.15) is 11.1 Å². The summed E-state index contributed by atoms with van der Waals surface area (Å²) in [6.07, 6.45) is 0. The Morgan fingerprint density at radius 3 is 2.43 bits per heavy atom. The van der Waals surface area contributed by atoms with Crippen LogP contribution in [0.25, 0.3) is 0 Å². The Labute approximate surface area is 188 Å². The van der Waals surface area contributed by atoms with Gasteiger partial charge in [-0.1, -0.05) is 35.9 Å². The number of rotatable bonds is 7. The van der Waals surface area contributed by atoms with Crippen molar-refractivity contribution in [1.29, 1.82) is 0 Å². The van der Waals surface area contributed by atoms with Crippen molar-refractivity contribution in [2.24, 2.45) is 4.99 Å². The second-order valence-electron chi connectivity index (χ2n) is 6.14. The van der Waals surface area contributed by atoms with Gasteiger partial charge < -0.3 is 20.3 Å². The smallest absolute Gasteiger partial charge is 0.241 e. The minimum absolute atomic E-state index is 0. The fourth-order valence-corrected chi connectivity index (χ4v) is 2.44. The van der Waals surface area contributed by atoms with Gasteiger partial charge in [-0.15, -0.1) is 24.0 Å². The van der Waals surface area contributed by atoms with Crippen molar-refractivity contribution in [2.45, 2.75) is 13.1 Å². The molecule has 0 heterocycles. The van der Waals surface area contributed by atoms with Crippen molar-refractivity contribution in [3.05, 3.63) is 64.7 Å². The van der Waals surface area contributed by atoms with Crippen LogP contribution in [0.4, 0.5) is 0 Å². The summed E-state index contributed by atoms with van der Waals surface area (Å²) < 4.78 is 5.17. The highest BCUT2D eigenvalue weighted by atomic mass is 127. The first-order chi connectivity index (χ1) is 13.0. The van der Waals surface area contributed by atoms with Gasteiger partial charge >= 0.3 is 0 Å². The summed E-state index contributed by atoms with van der Waals surface area (Å²) in [7, 11) is 5.08. The summed E-state index contributed by atoms with van der Waals surface area (Å²) in [5.41, 5.74) is 2.07. The van der Waals surface area contributed by atoms with E-state index in [1.165, 1.54) is 4.90 Å². The Bertz CT molecular complexity index is 782. The minimum Gasteiger partial charge on any atom is -0.497 e. The van der Waals surface area contributed by atoms with Crippen LogP contribution in [0.15, 0.2) is 53.5 Å². The maximum Gasteiger partial charge on any atom is 0.241 e. The largest absolute Gasteiger partial charge is 0.497 e. The van der Waals surface area contributed by atoms with Crippen LogP contribution in [0.5, 0.6) is 5.75 Å². The minimum atomic E-state index is -0.0308. The van der Waals surface area contributed by atoms with Crippen molar-refractivity contribution in [2.75, 3.05) is 27.7 Å². The number of amides is 1. The third-order valence-electron chi connectivity index (χ3n) is 3.83. The zero-order chi connectivity index (χ0) is 19.6. The average molecular weight is 517 g/mol. The van der Waals surface area contributed by atoms with E-state index in [1.54, 1.807) is 21.2 Å². The Morgan fingerprint density at radius 2 is 1.82 bits per heavy atom. The molecule has 8 heteroatoms. The van der Waals surface area contributed by atoms with Gasteiger partial charge in [-0.3, -0.25) is 4.79 Å². The van der Waals surface area contributed by atoms with E-state index in [9.17, 15) is 4.79 Å². The van der Waals surface area contributed by atoms with Crippen LogP contribution in [0.2, 0.25) is 5.02 Å². The van der Waals surface area contributed by atoms with Gasteiger partial charge in [0.2, 0.25) is 5.91 Å². The molecule has 0 bridgehead atoms. The summed E-state index contributed by atoms with van der Waals surface area (Å²) in [6.45, 7) is 1.19. The van der Waals surface area contributed by atoms with Gasteiger partial charge in [0.05, 0.1) is 20.2 Å². The lowest BCUT2D eigenvalue weighted by Gasteiger charge is -2.15. The number of hydrogen-bond acceptors (Lipinski definition) is 3. The van der Waals surface area contributed by atoms with Crippen LogP contribution in [-0.4, -0.2) is 44.5 Å². The number of nitrogens with one attached hydrogen (secondary N) is 2. The van der Waals surface area contributed by atoms with Crippen molar-refractivity contribution in [1.82, 2.24) is 15.5 Å². The van der Waals surface area contributed by atoms with Crippen molar-refractivity contribution in [3.63, 3.8) is 0 Å². The Balaban J connectivity index is 0.00000392. The van der Waals surface area contributed by atoms with Crippen LogP contribution in [0, 0.1) is 0 Å². The maximum absolute atomic E-state index is 11.9. The van der Waals surface area contributed by atoms with Gasteiger partial charge in [0.25, 0.3) is 0 Å². The average Bonchev–Trinajstić information content (AvgIpc) is 2.67. The second-order valence-corrected chi connectivity index (χ2v) is 6.57. The quantitative estimate of drug-likeness (QED) is 0.337. The molecule has 2 aromatic rings. The molecule has 0 aliphatic carbocycles. The van der Waals surface area contributed by atoms with Gasteiger partial charge in [0.15, 0.2) is 5.96 Å². The molecular formula is C20H26ClIN4O2. The molecule has 0 aliphatic rings. The molecule has 2 rings (SSSR count). The third kappa shape index (κ3) is 8.35. The predicted octanol–water partition coefficient (Wildman–Crippen LogP) is 3.29. The number of aliphatic imine (C=N–C) groups is 1. The molecule has 1 amide bonds. The van der Waals surface area contributed by atoms with Gasteiger partial charge in [0.1, 0.15) is 5.75 Å². The summed E-state index contributed by atoms with van der Waals surface area (Å²) in [4.78, 5) is 17.9. The van der Waals surface area contributed by atoms with Gasteiger partial charge in [-0.05, 0) is 35.4 Å². The predicted molar refractivity (Wildman–Crippen MR) is 125 cm³/mol. The fourth-order valence-electron chi connectivity index (χ4n) is 2.23. The molecule has 0 spiro atoms. The SMILES string of the molecule is COc1ccc(CNC(=NCc2cccc(Cl)c2)NCC(=O)N(C)C)cc1.I. The lowest BCUT2D eigenvalue weighted by molar-refractivity contribution is -0.127. The third-order valence-corrected chi connectivity index (χ3v) is 4.07. The van der Waals surface area contributed by atoms with Gasteiger partial charge in [-0.2, -0.15) is 0 Å². The topological polar surface area (TPSA) is 66.0 Å². The maximum atomic E-state index is 11.9. The molecule has 0 aromatic heterocycles. The number of methoxy groups -OCH3 is 1. The fraction of sp³-hybridized carbons (Fsp3) is 0.300. The summed E-state index contributed by atoms with van der Waals surface area (Å²) in [5, 5.41) is 6.99. The van der Waals surface area contributed by atoms with E-state index in [0.29, 0.717) is 24.1 Å².